The Hall–Kier alpha value is -3.60. The van der Waals surface area contributed by atoms with Crippen LogP contribution in [0, 0.1) is 5.21 Å². The fourth-order valence-electron chi connectivity index (χ4n) is 3.81. The number of rotatable bonds is 6. The molecule has 3 aromatic heterocycles. The number of likely N-dealkylation sites (tertiary alicyclic amines) is 1. The van der Waals surface area contributed by atoms with Gasteiger partial charge in [0.25, 0.3) is 0 Å². The van der Waals surface area contributed by atoms with Crippen molar-refractivity contribution >= 4 is 5.69 Å². The maximum atomic E-state index is 11.0. The minimum atomic E-state index is -0.140. The van der Waals surface area contributed by atoms with Gasteiger partial charge in [-0.05, 0) is 49.2 Å². The van der Waals surface area contributed by atoms with E-state index in [0.29, 0.717) is 18.3 Å². The second-order valence-corrected chi connectivity index (χ2v) is 7.40. The molecule has 31 heavy (non-hydrogen) atoms. The molecule has 5 rings (SSSR count). The standard InChI is InChI=1S/C21H20N7O3/c29-28(30)17-6-3-15(4-7-17)13-26-10-1-2-18(26)21-24-20(25-31-21)16-5-8-19(23-12-16)27-11-9-22-14-27/h3-9,11-12,14,18,29H,1-2,10,13H2/q-1. The quantitative estimate of drug-likeness (QED) is 0.470. The third kappa shape index (κ3) is 4.04. The molecule has 1 fully saturated rings. The lowest BCUT2D eigenvalue weighted by atomic mass is 10.1. The molecule has 10 nitrogen and oxygen atoms in total. The van der Waals surface area contributed by atoms with Crippen LogP contribution in [0.1, 0.15) is 30.3 Å². The summed E-state index contributed by atoms with van der Waals surface area (Å²) < 4.78 is 7.42. The van der Waals surface area contributed by atoms with Gasteiger partial charge in [0.15, 0.2) is 0 Å². The first-order valence-corrected chi connectivity index (χ1v) is 9.95. The van der Waals surface area contributed by atoms with Crippen LogP contribution in [0.15, 0.2) is 65.8 Å². The molecule has 0 saturated carbocycles. The third-order valence-electron chi connectivity index (χ3n) is 5.41. The average Bonchev–Trinajstić information content (AvgIpc) is 3.56. The fourth-order valence-corrected chi connectivity index (χ4v) is 3.81. The summed E-state index contributed by atoms with van der Waals surface area (Å²) in [6.45, 7) is 1.60. The van der Waals surface area contributed by atoms with Crippen LogP contribution in [0.2, 0.25) is 0 Å². The van der Waals surface area contributed by atoms with E-state index in [-0.39, 0.29) is 17.0 Å². The highest BCUT2D eigenvalue weighted by molar-refractivity contribution is 5.53. The molecule has 1 atom stereocenters. The normalized spacial score (nSPS) is 16.6. The zero-order valence-corrected chi connectivity index (χ0v) is 16.6. The Balaban J connectivity index is 1.30. The van der Waals surface area contributed by atoms with Gasteiger partial charge < -0.3 is 15.0 Å². The van der Waals surface area contributed by atoms with Crippen molar-refractivity contribution in [2.45, 2.75) is 25.4 Å². The lowest BCUT2D eigenvalue weighted by Gasteiger charge is -2.23. The number of imidazole rings is 1. The minimum Gasteiger partial charge on any atom is -0.733 e. The second kappa shape index (κ2) is 8.26. The van der Waals surface area contributed by atoms with E-state index in [1.807, 2.05) is 35.0 Å². The second-order valence-electron chi connectivity index (χ2n) is 7.40. The molecule has 4 aromatic rings. The summed E-state index contributed by atoms with van der Waals surface area (Å²) in [4.78, 5) is 15.4. The fraction of sp³-hybridized carbons (Fsp3) is 0.238. The Morgan fingerprint density at radius 1 is 1.19 bits per heavy atom. The summed E-state index contributed by atoms with van der Waals surface area (Å²) in [5.74, 6) is 1.86. The highest BCUT2D eigenvalue weighted by atomic mass is 16.8. The smallest absolute Gasteiger partial charge is 0.244 e. The zero-order chi connectivity index (χ0) is 21.2. The van der Waals surface area contributed by atoms with Crippen molar-refractivity contribution in [3.63, 3.8) is 0 Å². The molecule has 0 aliphatic carbocycles. The van der Waals surface area contributed by atoms with Crippen molar-refractivity contribution in [2.75, 3.05) is 11.8 Å². The van der Waals surface area contributed by atoms with Gasteiger partial charge in [0.1, 0.15) is 12.1 Å². The topological polar surface area (TPSA) is 119 Å². The van der Waals surface area contributed by atoms with E-state index in [2.05, 4.69) is 25.0 Å². The van der Waals surface area contributed by atoms with Crippen molar-refractivity contribution in [2.24, 2.45) is 0 Å². The van der Waals surface area contributed by atoms with Crippen LogP contribution >= 0.6 is 0 Å². The molecular weight excluding hydrogens is 398 g/mol. The molecule has 0 radical (unpaired) electrons. The van der Waals surface area contributed by atoms with Crippen LogP contribution in [0.5, 0.6) is 0 Å². The number of benzene rings is 1. The molecule has 1 aromatic carbocycles. The monoisotopic (exact) mass is 418 g/mol. The van der Waals surface area contributed by atoms with Crippen molar-refractivity contribution in [1.82, 2.24) is 29.6 Å². The van der Waals surface area contributed by atoms with Gasteiger partial charge in [0.2, 0.25) is 11.7 Å². The van der Waals surface area contributed by atoms with Gasteiger partial charge in [-0.25, -0.2) is 9.97 Å². The lowest BCUT2D eigenvalue weighted by molar-refractivity contribution is 0.201. The average molecular weight is 418 g/mol. The number of anilines is 1. The Labute approximate surface area is 177 Å². The van der Waals surface area contributed by atoms with Gasteiger partial charge in [0.05, 0.1) is 11.7 Å². The largest absolute Gasteiger partial charge is 0.733 e. The number of hydrogen-bond acceptors (Lipinski definition) is 9. The van der Waals surface area contributed by atoms with E-state index in [0.717, 1.165) is 36.3 Å². The van der Waals surface area contributed by atoms with Gasteiger partial charge >= 0.3 is 0 Å². The Bertz CT molecular complexity index is 1120. The van der Waals surface area contributed by atoms with E-state index in [9.17, 15) is 5.21 Å². The van der Waals surface area contributed by atoms with Crippen LogP contribution < -0.4 is 5.23 Å². The zero-order valence-electron chi connectivity index (χ0n) is 16.6. The first-order chi connectivity index (χ1) is 15.2. The molecule has 158 valence electrons. The molecule has 10 heteroatoms. The van der Waals surface area contributed by atoms with Gasteiger partial charge in [-0.1, -0.05) is 17.3 Å². The Morgan fingerprint density at radius 2 is 2.06 bits per heavy atom. The predicted octanol–water partition coefficient (Wildman–Crippen LogP) is 3.35. The van der Waals surface area contributed by atoms with Crippen LogP contribution in [0.25, 0.3) is 17.2 Å². The van der Waals surface area contributed by atoms with Crippen LogP contribution in [-0.2, 0) is 6.54 Å². The van der Waals surface area contributed by atoms with E-state index >= 15 is 0 Å². The molecule has 1 saturated heterocycles. The van der Waals surface area contributed by atoms with Crippen LogP contribution in [-0.4, -0.2) is 41.3 Å². The SMILES string of the molecule is [O-]N(O)c1ccc(CN2CCCC2c2nc(-c3ccc(-n4ccnc4)nc3)no2)cc1. The van der Waals surface area contributed by atoms with Gasteiger partial charge in [-0.15, -0.1) is 0 Å². The molecule has 1 aliphatic heterocycles. The summed E-state index contributed by atoms with van der Waals surface area (Å²) in [7, 11) is 0. The summed E-state index contributed by atoms with van der Waals surface area (Å²) in [5.41, 5.74) is 2.03. The van der Waals surface area contributed by atoms with Crippen molar-refractivity contribution < 1.29 is 9.73 Å². The van der Waals surface area contributed by atoms with E-state index in [1.165, 1.54) is 0 Å². The third-order valence-corrected chi connectivity index (χ3v) is 5.41. The maximum absolute atomic E-state index is 11.0. The first kappa shape index (κ1) is 19.4. The lowest BCUT2D eigenvalue weighted by Crippen LogP contribution is -2.23. The van der Waals surface area contributed by atoms with Gasteiger partial charge in [-0.2, -0.15) is 4.98 Å². The van der Waals surface area contributed by atoms with Crippen LogP contribution in [0.3, 0.4) is 0 Å². The number of pyridine rings is 1. The molecule has 1 aliphatic rings. The molecular formula is C21H20N7O3-. The van der Waals surface area contributed by atoms with Gasteiger partial charge in [0, 0.05) is 30.7 Å². The van der Waals surface area contributed by atoms with Crippen molar-refractivity contribution in [1.29, 1.82) is 0 Å². The summed E-state index contributed by atoms with van der Waals surface area (Å²) >= 11 is 0. The molecule has 4 heterocycles. The summed E-state index contributed by atoms with van der Waals surface area (Å²) in [5, 5.41) is 24.0. The highest BCUT2D eigenvalue weighted by Gasteiger charge is 2.30. The molecule has 1 N–H and O–H groups in total. The molecule has 1 unspecified atom stereocenters. The first-order valence-electron chi connectivity index (χ1n) is 9.95. The number of aromatic nitrogens is 5. The minimum absolute atomic E-state index is 0.0351. The maximum Gasteiger partial charge on any atom is 0.244 e. The van der Waals surface area contributed by atoms with Crippen LogP contribution in [0.4, 0.5) is 5.69 Å². The van der Waals surface area contributed by atoms with Crippen molar-refractivity contribution in [3.8, 4) is 17.2 Å². The Morgan fingerprint density at radius 3 is 2.77 bits per heavy atom. The Kier molecular flexibility index (Phi) is 5.16. The molecule has 0 spiro atoms. The predicted molar refractivity (Wildman–Crippen MR) is 111 cm³/mol. The summed E-state index contributed by atoms with van der Waals surface area (Å²) in [6.07, 6.45) is 8.91. The molecule has 0 amide bonds. The summed E-state index contributed by atoms with van der Waals surface area (Å²) in [6, 6.07) is 10.7. The molecule has 0 bridgehead atoms. The van der Waals surface area contributed by atoms with Crippen molar-refractivity contribution in [3.05, 3.63) is 78.0 Å². The van der Waals surface area contributed by atoms with E-state index in [4.69, 9.17) is 9.73 Å². The number of hydrogen-bond donors (Lipinski definition) is 1. The highest BCUT2D eigenvalue weighted by Crippen LogP contribution is 2.33. The number of nitrogens with zero attached hydrogens (tertiary/aromatic N) is 7. The van der Waals surface area contributed by atoms with E-state index in [1.54, 1.807) is 30.9 Å². The van der Waals surface area contributed by atoms with Gasteiger partial charge in [-0.3, -0.25) is 14.7 Å². The van der Waals surface area contributed by atoms with E-state index < -0.39 is 0 Å².